The molecular weight excluding hydrogens is 222 g/mol. The molecule has 1 aliphatic heterocycles. The summed E-state index contributed by atoms with van der Waals surface area (Å²) in [6, 6.07) is -0.341. The molecule has 0 aromatic heterocycles. The van der Waals surface area contributed by atoms with E-state index < -0.39 is 21.3 Å². The Balaban J connectivity index is 2.84. The molecule has 0 spiro atoms. The normalized spacial score (nSPS) is 27.8. The van der Waals surface area contributed by atoms with E-state index in [9.17, 15) is 13.2 Å². The van der Waals surface area contributed by atoms with Crippen molar-refractivity contribution in [3.63, 3.8) is 0 Å². The average Bonchev–Trinajstić information content (AvgIpc) is 2.30. The highest BCUT2D eigenvalue weighted by atomic mass is 32.2. The van der Waals surface area contributed by atoms with Crippen LogP contribution in [0.4, 0.5) is 0 Å². The summed E-state index contributed by atoms with van der Waals surface area (Å²) in [5.74, 6) is -0.696. The van der Waals surface area contributed by atoms with Gasteiger partial charge in [-0.25, -0.2) is 5.06 Å². The smallest absolute Gasteiger partial charge is 0.277 e. The first kappa shape index (κ1) is 12.4. The summed E-state index contributed by atoms with van der Waals surface area (Å²) >= 11 is 0. The maximum atomic E-state index is 11.6. The second kappa shape index (κ2) is 4.07. The zero-order valence-corrected chi connectivity index (χ0v) is 9.69. The van der Waals surface area contributed by atoms with Gasteiger partial charge >= 0.3 is 0 Å². The summed E-state index contributed by atoms with van der Waals surface area (Å²) in [7, 11) is -4.32. The predicted octanol–water partition coefficient (Wildman–Crippen LogP) is 0.204. The number of hydrogen-bond donors (Lipinski definition) is 1. The molecule has 1 N–H and O–H groups in total. The molecule has 1 saturated heterocycles. The van der Waals surface area contributed by atoms with E-state index in [0.717, 1.165) is 5.06 Å². The molecule has 1 fully saturated rings. The highest BCUT2D eigenvalue weighted by Gasteiger charge is 2.45. The fraction of sp³-hybridized carbons (Fsp3) is 0.875. The Morgan fingerprint density at radius 3 is 2.40 bits per heavy atom. The maximum absolute atomic E-state index is 11.6. The lowest BCUT2D eigenvalue weighted by molar-refractivity contribution is -0.202. The van der Waals surface area contributed by atoms with Crippen molar-refractivity contribution in [2.45, 2.75) is 44.6 Å². The Morgan fingerprint density at radius 1 is 1.53 bits per heavy atom. The summed E-state index contributed by atoms with van der Waals surface area (Å²) in [6.45, 7) is 5.15. The lowest BCUT2D eigenvalue weighted by Gasteiger charge is -2.22. The molecule has 0 aromatic carbocycles. The molecule has 1 aliphatic rings. The summed E-state index contributed by atoms with van der Waals surface area (Å²) < 4.78 is 30.6. The minimum Gasteiger partial charge on any atom is -0.285 e. The van der Waals surface area contributed by atoms with Gasteiger partial charge in [-0.2, -0.15) is 8.42 Å². The van der Waals surface area contributed by atoms with Crippen LogP contribution in [0.5, 0.6) is 0 Å². The van der Waals surface area contributed by atoms with Crippen LogP contribution < -0.4 is 0 Å². The second-order valence-corrected chi connectivity index (χ2v) is 5.51. The largest absolute Gasteiger partial charge is 0.285 e. The van der Waals surface area contributed by atoms with Gasteiger partial charge in [-0.3, -0.25) is 14.2 Å². The van der Waals surface area contributed by atoms with Crippen LogP contribution in [-0.4, -0.2) is 41.3 Å². The quantitative estimate of drug-likeness (QED) is 0.709. The third kappa shape index (κ3) is 2.67. The summed E-state index contributed by atoms with van der Waals surface area (Å²) in [6.07, 6.45) is -0.152. The van der Waals surface area contributed by atoms with Crippen LogP contribution in [0.25, 0.3) is 0 Å². The van der Waals surface area contributed by atoms with Crippen LogP contribution in [0.3, 0.4) is 0 Å². The Bertz CT molecular complexity index is 350. The van der Waals surface area contributed by atoms with Gasteiger partial charge in [-0.05, 0) is 27.2 Å². The predicted molar refractivity (Wildman–Crippen MR) is 52.5 cm³/mol. The third-order valence-corrected chi connectivity index (χ3v) is 3.25. The number of carbonyl (C=O) groups is 1. The van der Waals surface area contributed by atoms with E-state index >= 15 is 0 Å². The van der Waals surface area contributed by atoms with Crippen molar-refractivity contribution >= 4 is 16.0 Å². The van der Waals surface area contributed by atoms with E-state index in [0.29, 0.717) is 0 Å². The first-order valence-electron chi connectivity index (χ1n) is 4.69. The summed E-state index contributed by atoms with van der Waals surface area (Å²) in [5, 5.41) is -0.352. The van der Waals surface area contributed by atoms with Gasteiger partial charge < -0.3 is 0 Å². The molecule has 2 atom stereocenters. The molecule has 0 aliphatic carbocycles. The molecule has 7 heteroatoms. The Labute approximate surface area is 88.9 Å². The molecule has 6 nitrogen and oxygen atoms in total. The van der Waals surface area contributed by atoms with Crippen LogP contribution in [0.15, 0.2) is 0 Å². The lowest BCUT2D eigenvalue weighted by Crippen LogP contribution is -2.37. The van der Waals surface area contributed by atoms with Crippen molar-refractivity contribution in [2.24, 2.45) is 0 Å². The molecule has 0 saturated carbocycles. The van der Waals surface area contributed by atoms with Crippen LogP contribution in [0.1, 0.15) is 27.2 Å². The maximum Gasteiger partial charge on any atom is 0.277 e. The number of amides is 1. The van der Waals surface area contributed by atoms with Crippen LogP contribution >= 0.6 is 0 Å². The van der Waals surface area contributed by atoms with E-state index in [1.54, 1.807) is 20.8 Å². The van der Waals surface area contributed by atoms with Crippen LogP contribution in [0, 0.1) is 0 Å². The Hall–Kier alpha value is -0.660. The Kier molecular flexibility index (Phi) is 3.37. The molecule has 0 bridgehead atoms. The molecule has 15 heavy (non-hydrogen) atoms. The van der Waals surface area contributed by atoms with Crippen molar-refractivity contribution in [1.29, 1.82) is 0 Å². The van der Waals surface area contributed by atoms with E-state index in [1.165, 1.54) is 0 Å². The average molecular weight is 237 g/mol. The van der Waals surface area contributed by atoms with Gasteiger partial charge in [0, 0.05) is 0 Å². The van der Waals surface area contributed by atoms with Gasteiger partial charge in [0.1, 0.15) is 0 Å². The molecule has 2 unspecified atom stereocenters. The first-order valence-corrected chi connectivity index (χ1v) is 6.20. The SMILES string of the molecule is CC(C)ON1C(=O)C(S(=O)(=O)O)CC1C. The summed E-state index contributed by atoms with van der Waals surface area (Å²) in [5.41, 5.74) is 0. The highest BCUT2D eigenvalue weighted by molar-refractivity contribution is 7.87. The van der Waals surface area contributed by atoms with Crippen LogP contribution in [0.2, 0.25) is 0 Å². The molecule has 1 rings (SSSR count). The van der Waals surface area contributed by atoms with E-state index in [1.807, 2.05) is 0 Å². The minimum absolute atomic E-state index is 0.0599. The number of hydrogen-bond acceptors (Lipinski definition) is 4. The minimum atomic E-state index is -4.32. The number of carbonyl (C=O) groups excluding carboxylic acids is 1. The molecule has 1 heterocycles. The lowest BCUT2D eigenvalue weighted by atomic mass is 10.2. The highest BCUT2D eigenvalue weighted by Crippen LogP contribution is 2.24. The van der Waals surface area contributed by atoms with E-state index in [2.05, 4.69) is 0 Å². The van der Waals surface area contributed by atoms with Gasteiger partial charge in [-0.1, -0.05) is 0 Å². The topological polar surface area (TPSA) is 83.9 Å². The standard InChI is InChI=1S/C8H15NO5S/c1-5(2)14-9-6(3)4-7(8(9)10)15(11,12)13/h5-7H,4H2,1-3H3,(H,11,12,13). The zero-order valence-electron chi connectivity index (χ0n) is 8.87. The number of rotatable bonds is 3. The van der Waals surface area contributed by atoms with E-state index in [-0.39, 0.29) is 18.6 Å². The monoisotopic (exact) mass is 237 g/mol. The number of nitrogens with zero attached hydrogens (tertiary/aromatic N) is 1. The molecule has 0 radical (unpaired) electrons. The van der Waals surface area contributed by atoms with Crippen molar-refractivity contribution in [2.75, 3.05) is 0 Å². The van der Waals surface area contributed by atoms with Crippen molar-refractivity contribution < 1.29 is 22.6 Å². The van der Waals surface area contributed by atoms with Gasteiger partial charge in [0.25, 0.3) is 16.0 Å². The first-order chi connectivity index (χ1) is 6.73. The molecule has 88 valence electrons. The number of hydroxylamine groups is 2. The van der Waals surface area contributed by atoms with Gasteiger partial charge in [0.15, 0.2) is 5.25 Å². The second-order valence-electron chi connectivity index (χ2n) is 3.91. The van der Waals surface area contributed by atoms with E-state index in [4.69, 9.17) is 9.39 Å². The third-order valence-electron chi connectivity index (χ3n) is 2.13. The van der Waals surface area contributed by atoms with Gasteiger partial charge in [0.05, 0.1) is 12.1 Å². The molecular formula is C8H15NO5S. The molecule has 1 amide bonds. The van der Waals surface area contributed by atoms with Crippen molar-refractivity contribution in [1.82, 2.24) is 5.06 Å². The summed E-state index contributed by atoms with van der Waals surface area (Å²) in [4.78, 5) is 16.7. The van der Waals surface area contributed by atoms with Gasteiger partial charge in [-0.15, -0.1) is 0 Å². The van der Waals surface area contributed by atoms with Gasteiger partial charge in [0.2, 0.25) is 0 Å². The fourth-order valence-corrected chi connectivity index (χ4v) is 2.38. The van der Waals surface area contributed by atoms with Crippen LogP contribution in [-0.2, 0) is 19.8 Å². The fourth-order valence-electron chi connectivity index (χ4n) is 1.50. The van der Waals surface area contributed by atoms with Crippen molar-refractivity contribution in [3.05, 3.63) is 0 Å². The van der Waals surface area contributed by atoms with Crippen molar-refractivity contribution in [3.8, 4) is 0 Å². The zero-order chi connectivity index (χ0) is 11.8. The Morgan fingerprint density at radius 2 is 2.07 bits per heavy atom. The molecule has 0 aromatic rings.